The zero-order valence-corrected chi connectivity index (χ0v) is 88.0. The van der Waals surface area contributed by atoms with Crippen molar-refractivity contribution in [3.05, 3.63) is 260 Å². The molecule has 16 heterocycles. The highest BCUT2D eigenvalue weighted by Crippen LogP contribution is 2.37. The number of anilines is 12. The van der Waals surface area contributed by atoms with Crippen LogP contribution in [0.5, 0.6) is 0 Å². The van der Waals surface area contributed by atoms with Crippen molar-refractivity contribution in [3.63, 3.8) is 0 Å². The lowest BCUT2D eigenvalue weighted by Crippen LogP contribution is -2.46. The highest BCUT2D eigenvalue weighted by atomic mass is 35.5. The molecule has 0 spiro atoms. The first-order chi connectivity index (χ1) is 71.7. The first kappa shape index (κ1) is 106. The zero-order chi connectivity index (χ0) is 106. The van der Waals surface area contributed by atoms with E-state index in [-0.39, 0.29) is 82.6 Å². The van der Waals surface area contributed by atoms with Gasteiger partial charge in [0.1, 0.15) is 46.5 Å². The van der Waals surface area contributed by atoms with E-state index in [2.05, 4.69) is 131 Å². The molecule has 20 rings (SSSR count). The van der Waals surface area contributed by atoms with Crippen LogP contribution in [0.3, 0.4) is 0 Å². The molecule has 12 aromatic rings. The van der Waals surface area contributed by atoms with Crippen molar-refractivity contribution in [2.75, 3.05) is 116 Å². The standard InChI is InChI=1S/C29H34ClN7O2.C28H32ClN7O2.C26H29ClN8O2.C25H26ClN7O3/c1-18-12-19(28(39)32-18)13-20-17-31-37-25(15-24(35-27(20)37)33-23-7-5-6-21(30)14-23)34-22-8-10-36(11-9-22)26(38)16-29(2,3)4;1-17-12-18(26(37)31-17)13-19-16-30-36-24(33-21-8-10-35(11-9-21)27(38)28(2,3)4)15-23(34-25(19)36)32-22-7-5-6-20(29)14-22;1-16-11-17(25(36)29-16)12-18-15-28-35-23(31-20-7-9-34(10-8-20)26(37)33(2)3)14-22(32-24(18)35)30-21-6-4-5-19(27)13-21;1-15-10-16(24(34)28-15)11-17-14-27-33-22(30-19-6-8-32(9-7-19)25(35)36-2)13-21(31-23(17)33)29-20-5-3-4-18(26)12-20/h5-7,13-15,17,22,34H,1,8-12,16H2,2-4H3,(H,32,39)(H,33,35);5-7,13-16,21,33H,1,8-12H2,2-4H3,(H,31,37)(H,32,34);4-6,12-15,20,31H,1,7-11H2,2-3H3,(H,29,36)(H,30,32);3-5,11-14,19,30H,1,6-10H2,2H3,(H,28,34)(H,29,31)/b19-13+;18-13+;17-12+;16-11+. The SMILES string of the molecule is C=C1C/C(=C\c2cnn3c(NC4CCN(C(=O)C(C)(C)C)CC4)cc(Nc4cccc(Cl)c4)nc23)C(=O)N1.C=C1C/C(=C\c2cnn3c(NC4CCN(C(=O)CC(C)(C)C)CC4)cc(Nc4cccc(Cl)c4)nc23)C(=O)N1.C=C1C/C(=C\c2cnn3c(NC4CCN(C(=O)N(C)C)CC4)cc(Nc4cccc(Cl)c4)nc23)C(=O)N1.C=C1C/C(=C\c2cnn3c(NC4CCN(C(=O)OC)CC4)cc(Nc4cccc(Cl)c4)nc23)C(=O)N1. The lowest BCUT2D eigenvalue weighted by Gasteiger charge is -2.36. The van der Waals surface area contributed by atoms with Gasteiger partial charge in [-0.3, -0.25) is 28.8 Å². The molecule has 0 atom stereocenters. The first-order valence-corrected chi connectivity index (χ1v) is 51.1. The molecule has 4 aromatic carbocycles. The predicted molar refractivity (Wildman–Crippen MR) is 588 cm³/mol. The number of rotatable bonds is 21. The van der Waals surface area contributed by atoms with E-state index < -0.39 is 0 Å². The largest absolute Gasteiger partial charge is 0.453 e. The average molecular weight is 2110 g/mol. The molecular formula is C108H121Cl4N29O9. The van der Waals surface area contributed by atoms with Gasteiger partial charge in [-0.15, -0.1) is 0 Å². The number of urea groups is 1. The number of hydrogen-bond acceptors (Lipinski definition) is 25. The number of methoxy groups -OCH3 is 1. The minimum Gasteiger partial charge on any atom is -0.453 e. The van der Waals surface area contributed by atoms with Gasteiger partial charge in [-0.05, 0) is 154 Å². The quantitative estimate of drug-likeness (QED) is 0.0297. The highest BCUT2D eigenvalue weighted by Gasteiger charge is 2.35. The number of nitrogens with one attached hydrogen (secondary N) is 12. The lowest BCUT2D eigenvalue weighted by atomic mass is 9.91. The van der Waals surface area contributed by atoms with Gasteiger partial charge in [-0.2, -0.15) is 38.5 Å². The van der Waals surface area contributed by atoms with Crippen LogP contribution < -0.4 is 63.8 Å². The fourth-order valence-corrected chi connectivity index (χ4v) is 19.4. The molecule has 8 fully saturated rings. The summed E-state index contributed by atoms with van der Waals surface area (Å²) in [5, 5.41) is 59.5. The summed E-state index contributed by atoms with van der Waals surface area (Å²) in [6.45, 7) is 32.9. The Morgan fingerprint density at radius 3 is 0.887 bits per heavy atom. The minimum atomic E-state index is -0.388. The molecule has 12 N–H and O–H groups in total. The van der Waals surface area contributed by atoms with E-state index in [1.807, 2.05) is 163 Å². The molecule has 0 bridgehead atoms. The zero-order valence-electron chi connectivity index (χ0n) is 84.9. The van der Waals surface area contributed by atoms with Crippen molar-refractivity contribution >= 4 is 210 Å². The maximum absolute atomic E-state index is 12.7. The summed E-state index contributed by atoms with van der Waals surface area (Å²) in [5.41, 5.74) is 13.3. The monoisotopic (exact) mass is 2110 g/mol. The molecule has 42 heteroatoms. The number of halogens is 4. The third-order valence-electron chi connectivity index (χ3n) is 26.1. The maximum Gasteiger partial charge on any atom is 0.409 e. The van der Waals surface area contributed by atoms with Crippen LogP contribution in [0.1, 0.15) is 147 Å². The summed E-state index contributed by atoms with van der Waals surface area (Å²) in [7, 11) is 4.93. The summed E-state index contributed by atoms with van der Waals surface area (Å²) in [4.78, 5) is 127. The van der Waals surface area contributed by atoms with E-state index in [1.165, 1.54) is 7.11 Å². The number of ether oxygens (including phenoxy) is 1. The lowest BCUT2D eigenvalue weighted by molar-refractivity contribution is -0.140. The average Bonchev–Trinajstić information content (AvgIpc) is 1.63. The summed E-state index contributed by atoms with van der Waals surface area (Å²) in [5.74, 6) is 5.24. The molecule has 9 amide bonds. The summed E-state index contributed by atoms with van der Waals surface area (Å²) in [6, 6.07) is 37.9. The number of likely N-dealkylation sites (tertiary alicyclic amines) is 4. The molecule has 38 nitrogen and oxygen atoms in total. The number of allylic oxidation sites excluding steroid dienone is 4. The number of aromatic nitrogens is 12. The molecule has 780 valence electrons. The second-order valence-electron chi connectivity index (χ2n) is 40.6. The van der Waals surface area contributed by atoms with Gasteiger partial charge < -0.3 is 93.0 Å². The minimum absolute atomic E-state index is 0.0271. The third-order valence-corrected chi connectivity index (χ3v) is 27.0. The number of amides is 9. The first-order valence-electron chi connectivity index (χ1n) is 49.6. The van der Waals surface area contributed by atoms with Crippen molar-refractivity contribution < 1.29 is 43.1 Å². The summed E-state index contributed by atoms with van der Waals surface area (Å²) >= 11 is 24.7. The van der Waals surface area contributed by atoms with Crippen LogP contribution in [-0.2, 0) is 33.5 Å². The Bertz CT molecular complexity index is 7420. The van der Waals surface area contributed by atoms with E-state index in [4.69, 9.17) is 71.1 Å². The smallest absolute Gasteiger partial charge is 0.409 e. The van der Waals surface area contributed by atoms with Crippen molar-refractivity contribution in [1.82, 2.24) is 104 Å². The van der Waals surface area contributed by atoms with Gasteiger partial charge in [-0.1, -0.05) is 139 Å². The van der Waals surface area contributed by atoms with Crippen molar-refractivity contribution in [3.8, 4) is 0 Å². The second-order valence-corrected chi connectivity index (χ2v) is 42.3. The number of hydrogen-bond donors (Lipinski definition) is 12. The Hall–Kier alpha value is -15.8. The second kappa shape index (κ2) is 45.9. The number of piperidine rings is 4. The third kappa shape index (κ3) is 26.5. The Labute approximate surface area is 887 Å². The molecule has 8 aromatic heterocycles. The number of nitrogens with zero attached hydrogens (tertiary/aromatic N) is 17. The van der Waals surface area contributed by atoms with E-state index in [0.29, 0.717) is 201 Å². The molecule has 150 heavy (non-hydrogen) atoms. The van der Waals surface area contributed by atoms with Crippen LogP contribution in [0.4, 0.5) is 78.9 Å². The topological polar surface area (TPSA) is 427 Å². The van der Waals surface area contributed by atoms with Crippen LogP contribution >= 0.6 is 46.4 Å². The van der Waals surface area contributed by atoms with Crippen LogP contribution in [-0.4, -0.2) is 228 Å². The van der Waals surface area contributed by atoms with Gasteiger partial charge in [0.15, 0.2) is 22.6 Å². The van der Waals surface area contributed by atoms with Crippen LogP contribution in [0.2, 0.25) is 20.1 Å². The molecule has 0 saturated carbocycles. The molecular weight excluding hydrogens is 1990 g/mol. The summed E-state index contributed by atoms with van der Waals surface area (Å²) in [6.07, 6.45) is 22.6. The highest BCUT2D eigenvalue weighted by molar-refractivity contribution is 6.32. The van der Waals surface area contributed by atoms with Crippen LogP contribution in [0.15, 0.2) is 218 Å². The predicted octanol–water partition coefficient (Wildman–Crippen LogP) is 18.7. The normalized spacial score (nSPS) is 17.6. The van der Waals surface area contributed by atoms with Crippen LogP contribution in [0, 0.1) is 10.8 Å². The Kier molecular flexibility index (Phi) is 32.3. The van der Waals surface area contributed by atoms with Gasteiger partial charge >= 0.3 is 12.1 Å². The van der Waals surface area contributed by atoms with Crippen LogP contribution in [0.25, 0.3) is 46.9 Å². The van der Waals surface area contributed by atoms with Gasteiger partial charge in [0.05, 0.1) is 31.9 Å². The Balaban J connectivity index is 0.000000136. The maximum atomic E-state index is 12.7. The molecule has 8 aliphatic heterocycles. The molecule has 8 saturated heterocycles. The number of fused-ring (bicyclic) bond motifs is 4. The van der Waals surface area contributed by atoms with Crippen molar-refractivity contribution in [2.24, 2.45) is 10.8 Å². The number of carbonyl (C=O) groups excluding carboxylic acids is 8. The van der Waals surface area contributed by atoms with E-state index >= 15 is 0 Å². The summed E-state index contributed by atoms with van der Waals surface area (Å²) < 4.78 is 11.8. The van der Waals surface area contributed by atoms with Crippen molar-refractivity contribution in [1.29, 1.82) is 0 Å². The fourth-order valence-electron chi connectivity index (χ4n) is 18.7. The Morgan fingerprint density at radius 1 is 0.393 bits per heavy atom. The van der Waals surface area contributed by atoms with Crippen molar-refractivity contribution in [2.45, 2.75) is 149 Å². The fraction of sp³-hybridized carbons (Fsp3) is 0.333. The van der Waals surface area contributed by atoms with Gasteiger partial charge in [0, 0.05) is 263 Å². The van der Waals surface area contributed by atoms with E-state index in [0.717, 1.165) is 114 Å². The van der Waals surface area contributed by atoms with Gasteiger partial charge in [0.25, 0.3) is 23.6 Å². The molecule has 0 aliphatic carbocycles. The van der Waals surface area contributed by atoms with E-state index in [1.54, 1.807) is 85.0 Å². The number of carbonyl (C=O) groups is 8. The van der Waals surface area contributed by atoms with Gasteiger partial charge in [0.2, 0.25) is 11.8 Å². The Morgan fingerprint density at radius 2 is 0.653 bits per heavy atom. The van der Waals surface area contributed by atoms with E-state index in [9.17, 15) is 38.4 Å². The molecule has 0 unspecified atom stereocenters. The molecule has 0 radical (unpaired) electrons. The number of benzene rings is 4. The van der Waals surface area contributed by atoms with Gasteiger partial charge in [-0.25, -0.2) is 29.5 Å². The molecule has 8 aliphatic rings.